The van der Waals surface area contributed by atoms with Gasteiger partial charge in [-0.25, -0.2) is 0 Å². The number of rotatable bonds is 13. The SMILES string of the molecule is CC(O)(C=C[C@H]1[C@H](O)CC(=O)[C@@H]1CCCCCCC(=O)O)CCCCBr. The quantitative estimate of drug-likeness (QED) is 0.233. The van der Waals surface area contributed by atoms with Crippen LogP contribution in [-0.2, 0) is 9.59 Å². The fourth-order valence-electron chi connectivity index (χ4n) is 3.57. The van der Waals surface area contributed by atoms with E-state index in [4.69, 9.17) is 5.11 Å². The van der Waals surface area contributed by atoms with E-state index in [9.17, 15) is 19.8 Å². The molecule has 4 atom stereocenters. The molecule has 0 aromatic heterocycles. The fourth-order valence-corrected chi connectivity index (χ4v) is 3.96. The van der Waals surface area contributed by atoms with Crippen LogP contribution in [0.2, 0.25) is 0 Å². The molecule has 1 unspecified atom stereocenters. The first-order valence-corrected chi connectivity index (χ1v) is 10.8. The third-order valence-corrected chi connectivity index (χ3v) is 5.69. The molecule has 1 aliphatic carbocycles. The second-order valence-electron chi connectivity index (χ2n) is 7.63. The molecule has 0 amide bonds. The van der Waals surface area contributed by atoms with E-state index in [1.54, 1.807) is 13.0 Å². The molecule has 1 aliphatic rings. The maximum Gasteiger partial charge on any atom is 0.303 e. The van der Waals surface area contributed by atoms with Crippen LogP contribution in [-0.4, -0.2) is 44.1 Å². The van der Waals surface area contributed by atoms with Crippen LogP contribution >= 0.6 is 15.9 Å². The largest absolute Gasteiger partial charge is 0.481 e. The number of aliphatic carboxylic acids is 1. The zero-order valence-corrected chi connectivity index (χ0v) is 17.3. The third kappa shape index (κ3) is 8.78. The first-order chi connectivity index (χ1) is 12.3. The molecule has 0 saturated heterocycles. The predicted molar refractivity (Wildman–Crippen MR) is 105 cm³/mol. The molecule has 1 fully saturated rings. The van der Waals surface area contributed by atoms with Crippen molar-refractivity contribution in [3.8, 4) is 0 Å². The molecule has 0 aliphatic heterocycles. The fraction of sp³-hybridized carbons (Fsp3) is 0.800. The van der Waals surface area contributed by atoms with Gasteiger partial charge in [-0.3, -0.25) is 9.59 Å². The predicted octanol–water partition coefficient (Wildman–Crippen LogP) is 3.85. The Balaban J connectivity index is 2.49. The van der Waals surface area contributed by atoms with Crippen molar-refractivity contribution in [2.75, 3.05) is 5.33 Å². The van der Waals surface area contributed by atoms with Gasteiger partial charge in [0.15, 0.2) is 0 Å². The summed E-state index contributed by atoms with van der Waals surface area (Å²) in [6.07, 6.45) is 9.82. The minimum atomic E-state index is -0.922. The molecule has 150 valence electrons. The van der Waals surface area contributed by atoms with E-state index >= 15 is 0 Å². The number of alkyl halides is 1. The van der Waals surface area contributed by atoms with Crippen molar-refractivity contribution in [3.05, 3.63) is 12.2 Å². The second-order valence-corrected chi connectivity index (χ2v) is 8.42. The van der Waals surface area contributed by atoms with Gasteiger partial charge in [0.25, 0.3) is 0 Å². The van der Waals surface area contributed by atoms with Gasteiger partial charge in [-0.15, -0.1) is 0 Å². The number of aliphatic hydroxyl groups excluding tert-OH is 1. The number of carbonyl (C=O) groups is 2. The number of ketones is 1. The highest BCUT2D eigenvalue weighted by molar-refractivity contribution is 9.09. The summed E-state index contributed by atoms with van der Waals surface area (Å²) in [4.78, 5) is 22.7. The highest BCUT2D eigenvalue weighted by atomic mass is 79.9. The Hall–Kier alpha value is -0.720. The van der Waals surface area contributed by atoms with Gasteiger partial charge >= 0.3 is 5.97 Å². The van der Waals surface area contributed by atoms with Crippen LogP contribution in [0.3, 0.4) is 0 Å². The zero-order valence-electron chi connectivity index (χ0n) is 15.7. The number of Topliss-reactive ketones (excluding diaryl/α,β-unsaturated/α-hetero) is 1. The Morgan fingerprint density at radius 2 is 1.92 bits per heavy atom. The number of carboxylic acid groups (broad SMARTS) is 1. The first-order valence-electron chi connectivity index (χ1n) is 9.67. The summed E-state index contributed by atoms with van der Waals surface area (Å²) in [6.45, 7) is 1.76. The number of unbranched alkanes of at least 4 members (excludes halogenated alkanes) is 4. The molecule has 3 N–H and O–H groups in total. The maximum absolute atomic E-state index is 12.2. The summed E-state index contributed by atoms with van der Waals surface area (Å²) < 4.78 is 0. The van der Waals surface area contributed by atoms with Crippen LogP contribution in [0.4, 0.5) is 0 Å². The van der Waals surface area contributed by atoms with E-state index in [2.05, 4.69) is 15.9 Å². The Labute approximate surface area is 165 Å². The van der Waals surface area contributed by atoms with Gasteiger partial charge in [-0.05, 0) is 39.0 Å². The van der Waals surface area contributed by atoms with Crippen molar-refractivity contribution < 1.29 is 24.9 Å². The lowest BCUT2D eigenvalue weighted by atomic mass is 9.87. The topological polar surface area (TPSA) is 94.8 Å². The van der Waals surface area contributed by atoms with E-state index in [1.807, 2.05) is 6.08 Å². The number of hydrogen-bond acceptors (Lipinski definition) is 4. The van der Waals surface area contributed by atoms with Gasteiger partial charge < -0.3 is 15.3 Å². The smallest absolute Gasteiger partial charge is 0.303 e. The average molecular weight is 433 g/mol. The highest BCUT2D eigenvalue weighted by Gasteiger charge is 2.39. The van der Waals surface area contributed by atoms with Gasteiger partial charge in [0.2, 0.25) is 0 Å². The van der Waals surface area contributed by atoms with Crippen molar-refractivity contribution in [1.82, 2.24) is 0 Å². The van der Waals surface area contributed by atoms with Crippen LogP contribution in [0.25, 0.3) is 0 Å². The highest BCUT2D eigenvalue weighted by Crippen LogP contribution is 2.35. The van der Waals surface area contributed by atoms with Crippen LogP contribution < -0.4 is 0 Å². The maximum atomic E-state index is 12.2. The summed E-state index contributed by atoms with van der Waals surface area (Å²) in [5, 5.41) is 30.2. The summed E-state index contributed by atoms with van der Waals surface area (Å²) in [6, 6.07) is 0. The molecular formula is C20H33BrO5. The molecule has 5 nitrogen and oxygen atoms in total. The molecule has 0 radical (unpaired) electrons. The molecule has 1 rings (SSSR count). The zero-order chi connectivity index (χ0) is 19.6. The van der Waals surface area contributed by atoms with Crippen molar-refractivity contribution in [2.45, 2.75) is 82.8 Å². The molecular weight excluding hydrogens is 400 g/mol. The summed E-state index contributed by atoms with van der Waals surface area (Å²) in [5.41, 5.74) is -0.922. The second kappa shape index (κ2) is 11.9. The van der Waals surface area contributed by atoms with E-state index in [-0.39, 0.29) is 30.5 Å². The number of aliphatic hydroxyl groups is 2. The molecule has 6 heteroatoms. The summed E-state index contributed by atoms with van der Waals surface area (Å²) >= 11 is 3.38. The molecule has 0 bridgehead atoms. The van der Waals surface area contributed by atoms with Gasteiger partial charge in [-0.1, -0.05) is 47.3 Å². The van der Waals surface area contributed by atoms with Gasteiger partial charge in [0.1, 0.15) is 5.78 Å². The Kier molecular flexibility index (Phi) is 10.7. The lowest BCUT2D eigenvalue weighted by Crippen LogP contribution is -2.24. The first kappa shape index (κ1) is 23.3. The molecule has 1 saturated carbocycles. The van der Waals surface area contributed by atoms with Crippen molar-refractivity contribution in [1.29, 1.82) is 0 Å². The Morgan fingerprint density at radius 3 is 2.58 bits per heavy atom. The minimum Gasteiger partial charge on any atom is -0.481 e. The van der Waals surface area contributed by atoms with E-state index in [1.165, 1.54) is 0 Å². The van der Waals surface area contributed by atoms with E-state index in [0.717, 1.165) is 37.4 Å². The van der Waals surface area contributed by atoms with Crippen LogP contribution in [0.15, 0.2) is 12.2 Å². The molecule has 0 heterocycles. The van der Waals surface area contributed by atoms with Crippen LogP contribution in [0, 0.1) is 11.8 Å². The van der Waals surface area contributed by atoms with Crippen molar-refractivity contribution >= 4 is 27.7 Å². The van der Waals surface area contributed by atoms with Crippen LogP contribution in [0.1, 0.15) is 71.1 Å². The number of carbonyl (C=O) groups excluding carboxylic acids is 1. The summed E-state index contributed by atoms with van der Waals surface area (Å²) in [7, 11) is 0. The van der Waals surface area contributed by atoms with Crippen molar-refractivity contribution in [2.24, 2.45) is 11.8 Å². The summed E-state index contributed by atoms with van der Waals surface area (Å²) in [5.74, 6) is -1.10. The molecule has 0 aromatic carbocycles. The third-order valence-electron chi connectivity index (χ3n) is 5.13. The lowest BCUT2D eigenvalue weighted by Gasteiger charge is -2.22. The van der Waals surface area contributed by atoms with E-state index < -0.39 is 17.7 Å². The number of halogens is 1. The van der Waals surface area contributed by atoms with E-state index in [0.29, 0.717) is 19.3 Å². The normalized spacial score (nSPS) is 25.7. The molecule has 0 aromatic rings. The lowest BCUT2D eigenvalue weighted by molar-refractivity contribution is -0.137. The van der Waals surface area contributed by atoms with Crippen LogP contribution in [0.5, 0.6) is 0 Å². The van der Waals surface area contributed by atoms with Crippen molar-refractivity contribution in [3.63, 3.8) is 0 Å². The van der Waals surface area contributed by atoms with Gasteiger partial charge in [0.05, 0.1) is 11.7 Å². The molecule has 26 heavy (non-hydrogen) atoms. The standard InChI is InChI=1S/C20H33BrO5/c1-20(26,11-6-7-13-21)12-10-16-15(17(22)14-18(16)23)8-4-2-3-5-9-19(24)25/h10,12,15-16,18,23,26H,2-9,11,13-14H2,1H3,(H,24,25)/t15-,16-,18-,20?/m1/s1. The van der Waals surface area contributed by atoms with Gasteiger partial charge in [-0.2, -0.15) is 0 Å². The number of carboxylic acids is 1. The minimum absolute atomic E-state index is 0.0941. The monoisotopic (exact) mass is 432 g/mol. The Morgan fingerprint density at radius 1 is 1.23 bits per heavy atom. The Bertz CT molecular complexity index is 475. The average Bonchev–Trinajstić information content (AvgIpc) is 2.82. The number of hydrogen-bond donors (Lipinski definition) is 3. The molecule has 0 spiro atoms. The van der Waals surface area contributed by atoms with Gasteiger partial charge in [0, 0.05) is 30.0 Å².